The molecule has 0 aliphatic heterocycles. The van der Waals surface area contributed by atoms with Gasteiger partial charge in [0.1, 0.15) is 18.4 Å². The molecule has 0 spiro atoms. The molecule has 0 heterocycles. The number of amides is 2. The normalized spacial score (nSPS) is 12.2. The van der Waals surface area contributed by atoms with Crippen molar-refractivity contribution in [1.29, 1.82) is 0 Å². The van der Waals surface area contributed by atoms with Crippen LogP contribution in [0.3, 0.4) is 0 Å². The zero-order chi connectivity index (χ0) is 29.4. The Bertz CT molecular complexity index is 1390. The maximum absolute atomic E-state index is 14.1. The van der Waals surface area contributed by atoms with E-state index in [0.29, 0.717) is 24.2 Å². The Kier molecular flexibility index (Phi) is 10.5. The molecule has 3 aromatic carbocycles. The monoisotopic (exact) mass is 567 g/mol. The minimum atomic E-state index is -4.13. The highest BCUT2D eigenvalue weighted by molar-refractivity contribution is 7.92. The number of hydrogen-bond donors (Lipinski definition) is 1. The smallest absolute Gasteiger partial charge is 0.264 e. The van der Waals surface area contributed by atoms with E-state index in [1.165, 1.54) is 29.2 Å². The SMILES string of the molecule is CCC(C(=O)NCC(C)C)N(Cc1ccc(F)cc1)C(=O)CN(c1cc(C)cc(C)c1)S(=O)(=O)c1ccccc1. The molecule has 3 aromatic rings. The van der Waals surface area contributed by atoms with Crippen molar-refractivity contribution in [2.75, 3.05) is 17.4 Å². The van der Waals surface area contributed by atoms with Gasteiger partial charge in [-0.3, -0.25) is 13.9 Å². The summed E-state index contributed by atoms with van der Waals surface area (Å²) in [6, 6.07) is 18.1. The van der Waals surface area contributed by atoms with Crippen molar-refractivity contribution in [3.63, 3.8) is 0 Å². The summed E-state index contributed by atoms with van der Waals surface area (Å²) in [4.78, 5) is 28.7. The van der Waals surface area contributed by atoms with Gasteiger partial charge in [0.25, 0.3) is 10.0 Å². The predicted octanol–water partition coefficient (Wildman–Crippen LogP) is 5.22. The number of carbonyl (C=O) groups excluding carboxylic acids is 2. The van der Waals surface area contributed by atoms with Crippen LogP contribution < -0.4 is 9.62 Å². The van der Waals surface area contributed by atoms with E-state index in [2.05, 4.69) is 5.32 Å². The van der Waals surface area contributed by atoms with Gasteiger partial charge < -0.3 is 10.2 Å². The van der Waals surface area contributed by atoms with E-state index < -0.39 is 34.3 Å². The highest BCUT2D eigenvalue weighted by atomic mass is 32.2. The lowest BCUT2D eigenvalue weighted by molar-refractivity contribution is -0.140. The Hall–Kier alpha value is -3.72. The quantitative estimate of drug-likeness (QED) is 0.325. The molecule has 0 bridgehead atoms. The molecule has 0 radical (unpaired) electrons. The minimum Gasteiger partial charge on any atom is -0.354 e. The summed E-state index contributed by atoms with van der Waals surface area (Å²) in [7, 11) is -4.13. The number of hydrogen-bond acceptors (Lipinski definition) is 4. The average Bonchev–Trinajstić information content (AvgIpc) is 2.91. The van der Waals surface area contributed by atoms with E-state index in [9.17, 15) is 22.4 Å². The molecule has 3 rings (SSSR count). The Balaban J connectivity index is 2.06. The first-order valence-electron chi connectivity index (χ1n) is 13.4. The Morgan fingerprint density at radius 3 is 2.08 bits per heavy atom. The van der Waals surface area contributed by atoms with Crippen molar-refractivity contribution >= 4 is 27.5 Å². The fourth-order valence-electron chi connectivity index (χ4n) is 4.47. The summed E-state index contributed by atoms with van der Waals surface area (Å²) in [6.45, 7) is 9.39. The van der Waals surface area contributed by atoms with Crippen LogP contribution in [-0.4, -0.2) is 44.3 Å². The van der Waals surface area contributed by atoms with Crippen LogP contribution in [0.15, 0.2) is 77.7 Å². The van der Waals surface area contributed by atoms with Crippen LogP contribution in [0, 0.1) is 25.6 Å². The fraction of sp³-hybridized carbons (Fsp3) is 0.355. The second-order valence-corrected chi connectivity index (χ2v) is 12.2. The van der Waals surface area contributed by atoms with E-state index in [0.717, 1.165) is 15.4 Å². The van der Waals surface area contributed by atoms with Gasteiger partial charge >= 0.3 is 0 Å². The number of anilines is 1. The van der Waals surface area contributed by atoms with Crippen molar-refractivity contribution in [3.8, 4) is 0 Å². The number of halogens is 1. The molecule has 0 saturated carbocycles. The molecule has 0 saturated heterocycles. The van der Waals surface area contributed by atoms with Crippen molar-refractivity contribution in [3.05, 3.63) is 95.3 Å². The molecular weight excluding hydrogens is 529 g/mol. The van der Waals surface area contributed by atoms with Gasteiger partial charge in [-0.2, -0.15) is 0 Å². The number of aryl methyl sites for hydroxylation is 2. The Morgan fingerprint density at radius 1 is 0.925 bits per heavy atom. The van der Waals surface area contributed by atoms with Gasteiger partial charge in [0, 0.05) is 13.1 Å². The lowest BCUT2D eigenvalue weighted by Gasteiger charge is -2.33. The number of nitrogens with zero attached hydrogens (tertiary/aromatic N) is 2. The third-order valence-electron chi connectivity index (χ3n) is 6.44. The van der Waals surface area contributed by atoms with Crippen LogP contribution in [-0.2, 0) is 26.2 Å². The summed E-state index contributed by atoms with van der Waals surface area (Å²) in [5.74, 6) is -1.08. The zero-order valence-electron chi connectivity index (χ0n) is 23.7. The van der Waals surface area contributed by atoms with Crippen LogP contribution >= 0.6 is 0 Å². The second kappa shape index (κ2) is 13.6. The van der Waals surface area contributed by atoms with Crippen molar-refractivity contribution in [2.45, 2.75) is 58.5 Å². The first kappa shape index (κ1) is 30.8. The maximum atomic E-state index is 14.1. The molecule has 7 nitrogen and oxygen atoms in total. The predicted molar refractivity (Wildman–Crippen MR) is 156 cm³/mol. The van der Waals surface area contributed by atoms with E-state index in [4.69, 9.17) is 0 Å². The maximum Gasteiger partial charge on any atom is 0.264 e. The minimum absolute atomic E-state index is 0.0127. The van der Waals surface area contributed by atoms with E-state index in [1.54, 1.807) is 49.4 Å². The molecular formula is C31H38FN3O4S. The molecule has 1 N–H and O–H groups in total. The molecule has 2 amide bonds. The van der Waals surface area contributed by atoms with E-state index in [1.807, 2.05) is 33.8 Å². The molecule has 1 unspecified atom stereocenters. The highest BCUT2D eigenvalue weighted by Crippen LogP contribution is 2.27. The summed E-state index contributed by atoms with van der Waals surface area (Å²) in [5.41, 5.74) is 2.67. The van der Waals surface area contributed by atoms with Gasteiger partial charge in [-0.1, -0.05) is 57.2 Å². The number of sulfonamides is 1. The zero-order valence-corrected chi connectivity index (χ0v) is 24.5. The largest absolute Gasteiger partial charge is 0.354 e. The van der Waals surface area contributed by atoms with Gasteiger partial charge in [0.2, 0.25) is 11.8 Å². The van der Waals surface area contributed by atoms with Gasteiger partial charge in [-0.25, -0.2) is 12.8 Å². The molecule has 0 aliphatic rings. The van der Waals surface area contributed by atoms with Crippen LogP contribution in [0.1, 0.15) is 43.9 Å². The summed E-state index contributed by atoms with van der Waals surface area (Å²) >= 11 is 0. The van der Waals surface area contributed by atoms with Crippen LogP contribution in [0.5, 0.6) is 0 Å². The number of nitrogens with one attached hydrogen (secondary N) is 1. The number of carbonyl (C=O) groups is 2. The lowest BCUT2D eigenvalue weighted by Crippen LogP contribution is -2.52. The van der Waals surface area contributed by atoms with Crippen LogP contribution in [0.4, 0.5) is 10.1 Å². The van der Waals surface area contributed by atoms with Crippen molar-refractivity contribution < 1.29 is 22.4 Å². The number of benzene rings is 3. The summed E-state index contributed by atoms with van der Waals surface area (Å²) in [6.07, 6.45) is 0.311. The third kappa shape index (κ3) is 7.91. The molecule has 9 heteroatoms. The molecule has 1 atom stereocenters. The lowest BCUT2D eigenvalue weighted by atomic mass is 10.1. The first-order chi connectivity index (χ1) is 18.9. The van der Waals surface area contributed by atoms with Gasteiger partial charge in [0.15, 0.2) is 0 Å². The number of rotatable bonds is 12. The van der Waals surface area contributed by atoms with Gasteiger partial charge in [-0.15, -0.1) is 0 Å². The van der Waals surface area contributed by atoms with Gasteiger partial charge in [0.05, 0.1) is 10.6 Å². The Labute approximate surface area is 237 Å². The van der Waals surface area contributed by atoms with Gasteiger partial charge in [-0.05, 0) is 79.3 Å². The molecule has 0 fully saturated rings. The van der Waals surface area contributed by atoms with Crippen LogP contribution in [0.25, 0.3) is 0 Å². The van der Waals surface area contributed by atoms with E-state index >= 15 is 0 Å². The highest BCUT2D eigenvalue weighted by Gasteiger charge is 2.33. The van der Waals surface area contributed by atoms with Crippen LogP contribution in [0.2, 0.25) is 0 Å². The molecule has 214 valence electrons. The summed E-state index contributed by atoms with van der Waals surface area (Å²) < 4.78 is 42.5. The van der Waals surface area contributed by atoms with Crippen molar-refractivity contribution in [1.82, 2.24) is 10.2 Å². The molecule has 40 heavy (non-hydrogen) atoms. The standard InChI is InChI=1S/C31H38FN3O4S/c1-6-29(31(37)33-19-22(2)3)34(20-25-12-14-26(32)15-13-25)30(36)21-35(27-17-23(4)16-24(5)18-27)40(38,39)28-10-8-7-9-11-28/h7-18,22,29H,6,19-21H2,1-5H3,(H,33,37). The average molecular weight is 568 g/mol. The fourth-order valence-corrected chi connectivity index (χ4v) is 5.89. The van der Waals surface area contributed by atoms with E-state index in [-0.39, 0.29) is 23.3 Å². The third-order valence-corrected chi connectivity index (χ3v) is 8.23. The molecule has 0 aliphatic carbocycles. The second-order valence-electron chi connectivity index (χ2n) is 10.4. The van der Waals surface area contributed by atoms with Crippen molar-refractivity contribution in [2.24, 2.45) is 5.92 Å². The summed E-state index contributed by atoms with van der Waals surface area (Å²) in [5, 5.41) is 2.89. The Morgan fingerprint density at radius 2 is 1.52 bits per heavy atom. The molecule has 0 aromatic heterocycles. The first-order valence-corrected chi connectivity index (χ1v) is 14.8. The topological polar surface area (TPSA) is 86.8 Å².